The van der Waals surface area contributed by atoms with Crippen LogP contribution in [-0.2, 0) is 36.9 Å². The maximum absolute atomic E-state index is 14.7. The summed E-state index contributed by atoms with van der Waals surface area (Å²) < 4.78 is 5.19. The van der Waals surface area contributed by atoms with Crippen molar-refractivity contribution >= 4 is 29.7 Å². The highest BCUT2D eigenvalue weighted by atomic mass is 16.5. The Labute approximate surface area is 257 Å². The molecule has 232 valence electrons. The number of likely N-dealkylation sites (tertiary alicyclic amines) is 1. The van der Waals surface area contributed by atoms with Gasteiger partial charge in [-0.3, -0.25) is 29.1 Å². The molecule has 11 nitrogen and oxygen atoms in total. The molecule has 0 bridgehead atoms. The minimum atomic E-state index is -1.85. The lowest BCUT2D eigenvalue weighted by Crippen LogP contribution is -2.73. The van der Waals surface area contributed by atoms with E-state index in [0.29, 0.717) is 41.7 Å². The highest BCUT2D eigenvalue weighted by molar-refractivity contribution is 6.12. The summed E-state index contributed by atoms with van der Waals surface area (Å²) in [6.45, 7) is 4.13. The third-order valence-electron chi connectivity index (χ3n) is 9.11. The van der Waals surface area contributed by atoms with E-state index in [2.05, 4.69) is 15.6 Å². The van der Waals surface area contributed by atoms with Crippen LogP contribution >= 0.6 is 0 Å². The Hall–Kier alpha value is -4.38. The number of nitrogens with zero attached hydrogens (tertiary/aromatic N) is 3. The molecular weight excluding hydrogens is 562 g/mol. The molecule has 1 saturated heterocycles. The minimum Gasteiger partial charge on any atom is -0.383 e. The summed E-state index contributed by atoms with van der Waals surface area (Å²) in [5, 5.41) is 5.72. The second kappa shape index (κ2) is 13.1. The van der Waals surface area contributed by atoms with Crippen LogP contribution in [0.25, 0.3) is 0 Å². The molecule has 1 aliphatic carbocycles. The van der Waals surface area contributed by atoms with Crippen molar-refractivity contribution in [1.82, 2.24) is 25.4 Å². The number of hydrogen-bond donors (Lipinski definition) is 2. The number of amides is 6. The molecule has 2 aliphatic heterocycles. The van der Waals surface area contributed by atoms with Gasteiger partial charge in [0, 0.05) is 44.3 Å². The third-order valence-corrected chi connectivity index (χ3v) is 9.11. The number of pyridine rings is 1. The van der Waals surface area contributed by atoms with E-state index in [1.54, 1.807) is 31.3 Å². The zero-order valence-corrected chi connectivity index (χ0v) is 25.4. The van der Waals surface area contributed by atoms with Gasteiger partial charge in [-0.1, -0.05) is 48.9 Å². The fourth-order valence-corrected chi connectivity index (χ4v) is 7.24. The van der Waals surface area contributed by atoms with Crippen LogP contribution in [0, 0.1) is 17.8 Å². The van der Waals surface area contributed by atoms with Crippen molar-refractivity contribution in [3.63, 3.8) is 0 Å². The normalized spacial score (nSPS) is 24.7. The van der Waals surface area contributed by atoms with E-state index in [0.717, 1.165) is 4.90 Å². The van der Waals surface area contributed by atoms with Crippen LogP contribution in [-0.4, -0.2) is 76.8 Å². The first kappa shape index (κ1) is 31.1. The quantitative estimate of drug-likeness (QED) is 0.315. The van der Waals surface area contributed by atoms with Gasteiger partial charge >= 0.3 is 6.03 Å². The smallest absolute Gasteiger partial charge is 0.325 e. The molecule has 2 N–H and O–H groups in total. The van der Waals surface area contributed by atoms with Crippen LogP contribution in [0.2, 0.25) is 0 Å². The summed E-state index contributed by atoms with van der Waals surface area (Å²) in [5.41, 5.74) is 0.519. The SMILES string of the molecule is CCC1=C2CC[C@H]3C(=O)N(CC)C(=O)[C@H]3[C@H]2[C@@](Cc2ccccc2)(C(=O)NCCOC)N(C(=O)NCc2ccccn2)C1=O. The molecule has 1 aromatic carbocycles. The van der Waals surface area contributed by atoms with Crippen LogP contribution in [0.1, 0.15) is 44.4 Å². The van der Waals surface area contributed by atoms with E-state index in [-0.39, 0.29) is 44.5 Å². The van der Waals surface area contributed by atoms with E-state index < -0.39 is 41.1 Å². The van der Waals surface area contributed by atoms with Crippen LogP contribution in [0.5, 0.6) is 0 Å². The Morgan fingerprint density at radius 2 is 1.77 bits per heavy atom. The molecule has 4 atom stereocenters. The Balaban J connectivity index is 1.73. The number of urea groups is 1. The summed E-state index contributed by atoms with van der Waals surface area (Å²) in [7, 11) is 1.51. The maximum Gasteiger partial charge on any atom is 0.325 e. The molecular formula is C33H39N5O6. The van der Waals surface area contributed by atoms with Crippen LogP contribution in [0.15, 0.2) is 65.9 Å². The summed E-state index contributed by atoms with van der Waals surface area (Å²) in [5.74, 6) is -4.23. The van der Waals surface area contributed by atoms with Gasteiger partial charge in [-0.15, -0.1) is 0 Å². The summed E-state index contributed by atoms with van der Waals surface area (Å²) in [6, 6.07) is 13.7. The molecule has 1 aromatic heterocycles. The summed E-state index contributed by atoms with van der Waals surface area (Å²) in [6.07, 6.45) is 2.64. The molecule has 11 heteroatoms. The lowest BCUT2D eigenvalue weighted by molar-refractivity contribution is -0.151. The van der Waals surface area contributed by atoms with Gasteiger partial charge in [-0.05, 0) is 43.9 Å². The number of rotatable bonds is 10. The highest BCUT2D eigenvalue weighted by Crippen LogP contribution is 2.55. The first-order valence-corrected chi connectivity index (χ1v) is 15.2. The van der Waals surface area contributed by atoms with E-state index >= 15 is 0 Å². The van der Waals surface area contributed by atoms with Gasteiger partial charge in [-0.25, -0.2) is 9.69 Å². The zero-order chi connectivity index (χ0) is 31.4. The second-order valence-corrected chi connectivity index (χ2v) is 11.4. The second-order valence-electron chi connectivity index (χ2n) is 11.4. The number of benzene rings is 1. The Bertz CT molecular complexity index is 1460. The molecule has 0 spiro atoms. The minimum absolute atomic E-state index is 0.0198. The number of carbonyl (C=O) groups is 5. The average molecular weight is 602 g/mol. The van der Waals surface area contributed by atoms with Gasteiger partial charge < -0.3 is 15.4 Å². The number of imide groups is 2. The Morgan fingerprint density at radius 3 is 2.43 bits per heavy atom. The number of nitrogens with one attached hydrogen (secondary N) is 2. The zero-order valence-electron chi connectivity index (χ0n) is 25.4. The van der Waals surface area contributed by atoms with Gasteiger partial charge in [0.25, 0.3) is 5.91 Å². The fourth-order valence-electron chi connectivity index (χ4n) is 7.24. The predicted octanol–water partition coefficient (Wildman–Crippen LogP) is 2.62. The number of aromatic nitrogens is 1. The van der Waals surface area contributed by atoms with Crippen molar-refractivity contribution in [2.24, 2.45) is 17.8 Å². The molecule has 3 aliphatic rings. The monoisotopic (exact) mass is 601 g/mol. The van der Waals surface area contributed by atoms with E-state index in [4.69, 9.17) is 4.74 Å². The van der Waals surface area contributed by atoms with E-state index in [9.17, 15) is 24.0 Å². The Morgan fingerprint density at radius 1 is 1.02 bits per heavy atom. The van der Waals surface area contributed by atoms with E-state index in [1.165, 1.54) is 12.0 Å². The molecule has 5 rings (SSSR count). The van der Waals surface area contributed by atoms with Gasteiger partial charge in [0.05, 0.1) is 30.7 Å². The van der Waals surface area contributed by atoms with Crippen LogP contribution in [0.4, 0.5) is 4.79 Å². The van der Waals surface area contributed by atoms with Crippen LogP contribution < -0.4 is 10.6 Å². The number of carbonyl (C=O) groups excluding carboxylic acids is 5. The highest BCUT2D eigenvalue weighted by Gasteiger charge is 2.67. The van der Waals surface area contributed by atoms with Crippen molar-refractivity contribution < 1.29 is 28.7 Å². The largest absolute Gasteiger partial charge is 0.383 e. The number of methoxy groups -OCH3 is 1. The molecule has 6 amide bonds. The summed E-state index contributed by atoms with van der Waals surface area (Å²) in [4.78, 5) is 77.6. The van der Waals surface area contributed by atoms with Crippen molar-refractivity contribution in [3.05, 3.63) is 77.1 Å². The first-order chi connectivity index (χ1) is 21.3. The first-order valence-electron chi connectivity index (χ1n) is 15.2. The van der Waals surface area contributed by atoms with Gasteiger partial charge in [0.2, 0.25) is 17.7 Å². The topological polar surface area (TPSA) is 138 Å². The third kappa shape index (κ3) is 5.29. The molecule has 1 saturated carbocycles. The van der Waals surface area contributed by atoms with Crippen molar-refractivity contribution in [1.29, 1.82) is 0 Å². The number of ether oxygens (including phenoxy) is 1. The number of fused-ring (bicyclic) bond motifs is 3. The molecule has 2 aromatic rings. The molecule has 0 unspecified atom stereocenters. The summed E-state index contributed by atoms with van der Waals surface area (Å²) >= 11 is 0. The average Bonchev–Trinajstić information content (AvgIpc) is 3.29. The maximum atomic E-state index is 14.7. The van der Waals surface area contributed by atoms with Gasteiger partial charge in [0.15, 0.2) is 0 Å². The van der Waals surface area contributed by atoms with Crippen molar-refractivity contribution in [2.75, 3.05) is 26.8 Å². The Kier molecular flexibility index (Phi) is 9.24. The molecule has 0 radical (unpaired) electrons. The lowest BCUT2D eigenvalue weighted by Gasteiger charge is -2.54. The van der Waals surface area contributed by atoms with Crippen molar-refractivity contribution in [2.45, 2.75) is 51.6 Å². The van der Waals surface area contributed by atoms with E-state index in [1.807, 2.05) is 37.3 Å². The van der Waals surface area contributed by atoms with Crippen molar-refractivity contribution in [3.8, 4) is 0 Å². The number of hydrogen-bond acceptors (Lipinski definition) is 7. The fraction of sp³-hybridized carbons (Fsp3) is 0.455. The molecule has 2 fully saturated rings. The molecule has 3 heterocycles. The van der Waals surface area contributed by atoms with Crippen LogP contribution in [0.3, 0.4) is 0 Å². The lowest BCUT2D eigenvalue weighted by atomic mass is 9.57. The predicted molar refractivity (Wildman–Crippen MR) is 160 cm³/mol. The van der Waals surface area contributed by atoms with Gasteiger partial charge in [-0.2, -0.15) is 0 Å². The molecule has 44 heavy (non-hydrogen) atoms. The standard InChI is InChI=1S/C33H39N5O6/c1-4-23-24-14-15-25-26(30(41)37(5-2)28(25)39)27(24)33(31(42)35-17-18-44-3,19-21-11-7-6-8-12-21)38(29(23)40)32(43)36-20-22-13-9-10-16-34-22/h6-13,16,25-27H,4-5,14-15,17-20H2,1-3H3,(H,35,42)(H,36,43)/t25-,26-,27+,33+/m1/s1. The van der Waals surface area contributed by atoms with Gasteiger partial charge in [0.1, 0.15) is 5.54 Å².